The Labute approximate surface area is 127 Å². The van der Waals surface area contributed by atoms with Gasteiger partial charge in [0.25, 0.3) is 0 Å². The predicted molar refractivity (Wildman–Crippen MR) is 87.4 cm³/mol. The molecule has 3 aromatic rings. The van der Waals surface area contributed by atoms with E-state index in [0.717, 1.165) is 33.3 Å². The van der Waals surface area contributed by atoms with Crippen LogP contribution in [-0.4, -0.2) is 21.4 Å². The maximum Gasteiger partial charge on any atom is 0.151 e. The van der Waals surface area contributed by atoms with Gasteiger partial charge in [-0.25, -0.2) is 0 Å². The Morgan fingerprint density at radius 3 is 2.86 bits per heavy atom. The Hall–Kier alpha value is -2.85. The lowest BCUT2D eigenvalue weighted by molar-refractivity contribution is 0.266. The van der Waals surface area contributed by atoms with E-state index in [-0.39, 0.29) is 5.75 Å². The van der Waals surface area contributed by atoms with Gasteiger partial charge in [0.15, 0.2) is 6.23 Å². The highest BCUT2D eigenvalue weighted by Crippen LogP contribution is 2.36. The minimum absolute atomic E-state index is 0.159. The zero-order valence-electron chi connectivity index (χ0n) is 11.7. The number of benzene rings is 2. The van der Waals surface area contributed by atoms with E-state index in [4.69, 9.17) is 0 Å². The average Bonchev–Trinajstić information content (AvgIpc) is 2.83. The van der Waals surface area contributed by atoms with Crippen LogP contribution < -0.4 is 5.32 Å². The number of nitrogens with zero attached hydrogens (tertiary/aromatic N) is 1. The molecule has 3 N–H and O–H groups in total. The third-order valence-electron chi connectivity index (χ3n) is 3.87. The van der Waals surface area contributed by atoms with E-state index in [1.807, 2.05) is 42.5 Å². The van der Waals surface area contributed by atoms with Gasteiger partial charge < -0.3 is 15.5 Å². The highest BCUT2D eigenvalue weighted by molar-refractivity contribution is 5.99. The van der Waals surface area contributed by atoms with Gasteiger partial charge in [0, 0.05) is 34.5 Å². The Bertz CT molecular complexity index is 902. The summed E-state index contributed by atoms with van der Waals surface area (Å²) in [6.45, 7) is 0. The van der Waals surface area contributed by atoms with E-state index in [2.05, 4.69) is 10.3 Å². The molecule has 4 nitrogen and oxygen atoms in total. The predicted octanol–water partition coefficient (Wildman–Crippen LogP) is 3.22. The van der Waals surface area contributed by atoms with Gasteiger partial charge in [-0.15, -0.1) is 0 Å². The van der Waals surface area contributed by atoms with Crippen molar-refractivity contribution in [1.29, 1.82) is 0 Å². The number of nitrogens with one attached hydrogen (secondary N) is 1. The average molecular weight is 290 g/mol. The minimum Gasteiger partial charge on any atom is -0.508 e. The highest BCUT2D eigenvalue weighted by Gasteiger charge is 2.23. The lowest BCUT2D eigenvalue weighted by atomic mass is 10.0. The van der Waals surface area contributed by atoms with Crippen LogP contribution in [0.5, 0.6) is 5.75 Å². The van der Waals surface area contributed by atoms with Gasteiger partial charge in [-0.05, 0) is 29.8 Å². The van der Waals surface area contributed by atoms with Crippen LogP contribution in [0.3, 0.4) is 0 Å². The normalized spacial score (nSPS) is 18.4. The number of aromatic hydroxyl groups is 1. The summed E-state index contributed by atoms with van der Waals surface area (Å²) in [5.41, 5.74) is 4.21. The molecule has 1 aliphatic rings. The van der Waals surface area contributed by atoms with Gasteiger partial charge in [-0.2, -0.15) is 0 Å². The number of anilines is 1. The maximum atomic E-state index is 10.3. The molecule has 0 saturated heterocycles. The quantitative estimate of drug-likeness (QED) is 0.644. The van der Waals surface area contributed by atoms with E-state index in [1.54, 1.807) is 18.3 Å². The number of aliphatic hydroxyl groups excluding tert-OH is 1. The van der Waals surface area contributed by atoms with E-state index in [9.17, 15) is 10.2 Å². The molecule has 2 aromatic carbocycles. The summed E-state index contributed by atoms with van der Waals surface area (Å²) >= 11 is 0. The first-order valence-corrected chi connectivity index (χ1v) is 7.06. The second kappa shape index (κ2) is 4.86. The van der Waals surface area contributed by atoms with Gasteiger partial charge in [0.2, 0.25) is 0 Å². The molecule has 0 saturated carbocycles. The van der Waals surface area contributed by atoms with Crippen molar-refractivity contribution in [2.45, 2.75) is 6.23 Å². The van der Waals surface area contributed by atoms with Crippen LogP contribution in [0.2, 0.25) is 0 Å². The van der Waals surface area contributed by atoms with Gasteiger partial charge in [-0.1, -0.05) is 24.3 Å². The van der Waals surface area contributed by atoms with Crippen molar-refractivity contribution in [3.05, 3.63) is 65.9 Å². The molecule has 22 heavy (non-hydrogen) atoms. The monoisotopic (exact) mass is 290 g/mol. The second-order valence-corrected chi connectivity index (χ2v) is 5.30. The van der Waals surface area contributed by atoms with Crippen molar-refractivity contribution in [2.24, 2.45) is 0 Å². The SMILES string of the molecule is Oc1cc(C=C2c3ccccc3NC2O)c2cccnc2c1. The van der Waals surface area contributed by atoms with Gasteiger partial charge in [-0.3, -0.25) is 4.98 Å². The molecule has 1 unspecified atom stereocenters. The van der Waals surface area contributed by atoms with E-state index in [0.29, 0.717) is 0 Å². The molecule has 108 valence electrons. The van der Waals surface area contributed by atoms with Crippen LogP contribution in [0.1, 0.15) is 11.1 Å². The molecule has 1 atom stereocenters. The Balaban J connectivity index is 1.94. The lowest BCUT2D eigenvalue weighted by Crippen LogP contribution is -2.12. The summed E-state index contributed by atoms with van der Waals surface area (Å²) in [6, 6.07) is 14.9. The first-order chi connectivity index (χ1) is 10.7. The molecular formula is C18H14N2O2. The molecule has 1 aromatic heterocycles. The number of hydrogen-bond acceptors (Lipinski definition) is 4. The molecule has 0 fully saturated rings. The fourth-order valence-corrected chi connectivity index (χ4v) is 2.87. The number of phenolic OH excluding ortho intramolecular Hbond substituents is 1. The smallest absolute Gasteiger partial charge is 0.151 e. The van der Waals surface area contributed by atoms with Crippen molar-refractivity contribution < 1.29 is 10.2 Å². The molecule has 0 aliphatic carbocycles. The second-order valence-electron chi connectivity index (χ2n) is 5.30. The Morgan fingerprint density at radius 1 is 1.09 bits per heavy atom. The number of aromatic nitrogens is 1. The topological polar surface area (TPSA) is 65.4 Å². The fraction of sp³-hybridized carbons (Fsp3) is 0.0556. The summed E-state index contributed by atoms with van der Waals surface area (Å²) in [5, 5.41) is 24.1. The minimum atomic E-state index is -0.758. The lowest BCUT2D eigenvalue weighted by Gasteiger charge is -2.08. The van der Waals surface area contributed by atoms with Crippen molar-refractivity contribution in [3.63, 3.8) is 0 Å². The van der Waals surface area contributed by atoms with Crippen LogP contribution in [0, 0.1) is 0 Å². The van der Waals surface area contributed by atoms with E-state index in [1.165, 1.54) is 0 Å². The summed E-state index contributed by atoms with van der Waals surface area (Å²) in [7, 11) is 0. The maximum absolute atomic E-state index is 10.3. The molecule has 0 spiro atoms. The highest BCUT2D eigenvalue weighted by atomic mass is 16.3. The molecule has 4 rings (SSSR count). The first-order valence-electron chi connectivity index (χ1n) is 7.06. The number of rotatable bonds is 1. The summed E-state index contributed by atoms with van der Waals surface area (Å²) in [6.07, 6.45) is 2.83. The van der Waals surface area contributed by atoms with Gasteiger partial charge >= 0.3 is 0 Å². The molecule has 4 heteroatoms. The van der Waals surface area contributed by atoms with Crippen molar-refractivity contribution in [3.8, 4) is 5.75 Å². The molecule has 0 bridgehead atoms. The standard InChI is InChI=1S/C18H14N2O2/c21-12-8-11(13-5-3-7-19-17(13)10-12)9-15-14-4-1-2-6-16(14)20-18(15)22/h1-10,18,20-22H. The fourth-order valence-electron chi connectivity index (χ4n) is 2.87. The number of pyridine rings is 1. The Morgan fingerprint density at radius 2 is 1.95 bits per heavy atom. The van der Waals surface area contributed by atoms with Crippen molar-refractivity contribution in [1.82, 2.24) is 4.98 Å². The van der Waals surface area contributed by atoms with Crippen LogP contribution in [0.15, 0.2) is 54.7 Å². The molecule has 0 radical (unpaired) electrons. The summed E-state index contributed by atoms with van der Waals surface area (Å²) in [5.74, 6) is 0.159. The molecular weight excluding hydrogens is 276 g/mol. The van der Waals surface area contributed by atoms with Gasteiger partial charge in [0.05, 0.1) is 5.52 Å². The van der Waals surface area contributed by atoms with Crippen LogP contribution in [0.25, 0.3) is 22.6 Å². The number of fused-ring (bicyclic) bond motifs is 2. The molecule has 2 heterocycles. The number of hydrogen-bond donors (Lipinski definition) is 3. The largest absolute Gasteiger partial charge is 0.508 e. The number of aliphatic hydroxyl groups is 1. The third kappa shape index (κ3) is 2.01. The number of para-hydroxylation sites is 1. The van der Waals surface area contributed by atoms with Crippen LogP contribution in [0.4, 0.5) is 5.69 Å². The summed E-state index contributed by atoms with van der Waals surface area (Å²) < 4.78 is 0. The first kappa shape index (κ1) is 12.9. The number of phenols is 1. The van der Waals surface area contributed by atoms with Crippen LogP contribution >= 0.6 is 0 Å². The zero-order chi connectivity index (χ0) is 15.1. The van der Waals surface area contributed by atoms with Crippen molar-refractivity contribution >= 4 is 28.2 Å². The van der Waals surface area contributed by atoms with E-state index >= 15 is 0 Å². The molecule has 0 amide bonds. The molecule has 1 aliphatic heterocycles. The van der Waals surface area contributed by atoms with E-state index < -0.39 is 6.23 Å². The summed E-state index contributed by atoms with van der Waals surface area (Å²) in [4.78, 5) is 4.27. The third-order valence-corrected chi connectivity index (χ3v) is 3.87. The van der Waals surface area contributed by atoms with Crippen LogP contribution in [-0.2, 0) is 0 Å². The Kier molecular flexibility index (Phi) is 2.84. The zero-order valence-corrected chi connectivity index (χ0v) is 11.7. The van der Waals surface area contributed by atoms with Crippen molar-refractivity contribution in [2.75, 3.05) is 5.32 Å². The van der Waals surface area contributed by atoms with Gasteiger partial charge in [0.1, 0.15) is 5.75 Å².